The second-order valence-corrected chi connectivity index (χ2v) is 4.50. The number of hydrogen-bond acceptors (Lipinski definition) is 3. The van der Waals surface area contributed by atoms with Crippen LogP contribution in [-0.4, -0.2) is 11.6 Å². The van der Waals surface area contributed by atoms with Crippen LogP contribution in [-0.2, 0) is 0 Å². The Morgan fingerprint density at radius 3 is 2.93 bits per heavy atom. The van der Waals surface area contributed by atoms with Gasteiger partial charge in [0.15, 0.2) is 0 Å². The van der Waals surface area contributed by atoms with Gasteiger partial charge in [0.25, 0.3) is 5.19 Å². The Bertz CT molecular complexity index is 391. The van der Waals surface area contributed by atoms with E-state index in [0.717, 1.165) is 23.7 Å². The van der Waals surface area contributed by atoms with Crippen LogP contribution >= 0.6 is 11.3 Å². The molecule has 0 aliphatic heterocycles. The molecule has 0 radical (unpaired) electrons. The Hall–Kier alpha value is -1.09. The number of thiazole rings is 1. The van der Waals surface area contributed by atoms with E-state index < -0.39 is 0 Å². The molecule has 1 heterocycles. The zero-order valence-electron chi connectivity index (χ0n) is 8.90. The minimum Gasteiger partial charge on any atom is -0.470 e. The van der Waals surface area contributed by atoms with E-state index in [4.69, 9.17) is 4.74 Å². The van der Waals surface area contributed by atoms with E-state index in [1.165, 1.54) is 17.5 Å². The number of para-hydroxylation sites is 1. The summed E-state index contributed by atoms with van der Waals surface area (Å²) < 4.78 is 6.80. The first-order valence-corrected chi connectivity index (χ1v) is 6.20. The molecule has 3 heteroatoms. The van der Waals surface area contributed by atoms with Gasteiger partial charge in [-0.05, 0) is 18.6 Å². The topological polar surface area (TPSA) is 22.1 Å². The summed E-state index contributed by atoms with van der Waals surface area (Å²) in [6.45, 7) is 2.98. The molecule has 1 aromatic carbocycles. The second kappa shape index (κ2) is 5.12. The number of rotatable bonds is 5. The normalized spacial score (nSPS) is 10.7. The third-order valence-corrected chi connectivity index (χ3v) is 3.20. The van der Waals surface area contributed by atoms with Crippen molar-refractivity contribution in [1.82, 2.24) is 4.98 Å². The molecule has 0 aliphatic carbocycles. The number of benzene rings is 1. The molecule has 2 aromatic rings. The first-order chi connectivity index (χ1) is 7.40. The highest BCUT2D eigenvalue weighted by Crippen LogP contribution is 2.27. The molecule has 0 saturated heterocycles. The standard InChI is InChI=1S/C12H15NOS/c1-2-3-6-9-14-12-13-10-7-4-5-8-11(10)15-12/h4-5,7-8H,2-3,6,9H2,1H3. The molecule has 0 saturated carbocycles. The van der Waals surface area contributed by atoms with Crippen LogP contribution in [0, 0.1) is 0 Å². The van der Waals surface area contributed by atoms with E-state index in [-0.39, 0.29) is 0 Å². The lowest BCUT2D eigenvalue weighted by Gasteiger charge is -1.99. The first-order valence-electron chi connectivity index (χ1n) is 5.38. The van der Waals surface area contributed by atoms with Gasteiger partial charge in [-0.1, -0.05) is 43.2 Å². The molecule has 80 valence electrons. The summed E-state index contributed by atoms with van der Waals surface area (Å²) in [6, 6.07) is 8.13. The number of unbranched alkanes of at least 4 members (excludes halogenated alkanes) is 2. The Labute approximate surface area is 93.9 Å². The highest BCUT2D eigenvalue weighted by atomic mass is 32.1. The molecular formula is C12H15NOS. The van der Waals surface area contributed by atoms with Crippen molar-refractivity contribution in [3.8, 4) is 5.19 Å². The molecule has 0 spiro atoms. The van der Waals surface area contributed by atoms with Crippen LogP contribution in [0.25, 0.3) is 10.2 Å². The summed E-state index contributed by atoms with van der Waals surface area (Å²) in [5.74, 6) is 0. The third-order valence-electron chi connectivity index (χ3n) is 2.25. The van der Waals surface area contributed by atoms with Crippen molar-refractivity contribution in [3.05, 3.63) is 24.3 Å². The van der Waals surface area contributed by atoms with E-state index >= 15 is 0 Å². The number of aromatic nitrogens is 1. The quantitative estimate of drug-likeness (QED) is 0.715. The van der Waals surface area contributed by atoms with Gasteiger partial charge in [-0.25, -0.2) is 4.98 Å². The molecule has 15 heavy (non-hydrogen) atoms. The average Bonchev–Trinajstić information content (AvgIpc) is 2.67. The lowest BCUT2D eigenvalue weighted by atomic mass is 10.3. The predicted octanol–water partition coefficient (Wildman–Crippen LogP) is 3.87. The lowest BCUT2D eigenvalue weighted by molar-refractivity contribution is 0.305. The number of hydrogen-bond donors (Lipinski definition) is 0. The summed E-state index contributed by atoms with van der Waals surface area (Å²) in [4.78, 5) is 4.41. The maximum Gasteiger partial charge on any atom is 0.274 e. The van der Waals surface area contributed by atoms with Gasteiger partial charge in [0.2, 0.25) is 0 Å². The summed E-state index contributed by atoms with van der Waals surface area (Å²) >= 11 is 1.62. The van der Waals surface area contributed by atoms with E-state index in [2.05, 4.69) is 18.0 Å². The average molecular weight is 221 g/mol. The zero-order valence-corrected chi connectivity index (χ0v) is 9.72. The molecule has 0 amide bonds. The zero-order chi connectivity index (χ0) is 10.5. The molecular weight excluding hydrogens is 206 g/mol. The minimum atomic E-state index is 0.785. The fourth-order valence-corrected chi connectivity index (χ4v) is 2.26. The molecule has 0 N–H and O–H groups in total. The van der Waals surface area contributed by atoms with Crippen molar-refractivity contribution < 1.29 is 4.74 Å². The maximum atomic E-state index is 5.60. The van der Waals surface area contributed by atoms with Gasteiger partial charge < -0.3 is 4.74 Å². The van der Waals surface area contributed by atoms with Crippen molar-refractivity contribution in [1.29, 1.82) is 0 Å². The molecule has 0 fully saturated rings. The van der Waals surface area contributed by atoms with Gasteiger partial charge in [0.05, 0.1) is 16.8 Å². The van der Waals surface area contributed by atoms with Crippen LogP contribution < -0.4 is 4.74 Å². The van der Waals surface area contributed by atoms with Crippen LogP contribution in [0.1, 0.15) is 26.2 Å². The summed E-state index contributed by atoms with van der Waals surface area (Å²) in [7, 11) is 0. The van der Waals surface area contributed by atoms with Gasteiger partial charge in [0.1, 0.15) is 0 Å². The van der Waals surface area contributed by atoms with Crippen molar-refractivity contribution >= 4 is 21.6 Å². The Balaban J connectivity index is 1.97. The van der Waals surface area contributed by atoms with Crippen molar-refractivity contribution in [2.45, 2.75) is 26.2 Å². The van der Waals surface area contributed by atoms with Crippen molar-refractivity contribution in [3.63, 3.8) is 0 Å². The van der Waals surface area contributed by atoms with Crippen LogP contribution in [0.4, 0.5) is 0 Å². The summed E-state index contributed by atoms with van der Waals surface area (Å²) in [5, 5.41) is 0.798. The Morgan fingerprint density at radius 1 is 1.27 bits per heavy atom. The molecule has 2 nitrogen and oxygen atoms in total. The van der Waals surface area contributed by atoms with E-state index in [0.29, 0.717) is 0 Å². The van der Waals surface area contributed by atoms with Crippen LogP contribution in [0.15, 0.2) is 24.3 Å². The highest BCUT2D eigenvalue weighted by molar-refractivity contribution is 7.20. The minimum absolute atomic E-state index is 0.785. The van der Waals surface area contributed by atoms with E-state index in [1.807, 2.05) is 18.2 Å². The summed E-state index contributed by atoms with van der Waals surface area (Å²) in [6.07, 6.45) is 3.57. The summed E-state index contributed by atoms with van der Waals surface area (Å²) in [5.41, 5.74) is 1.04. The van der Waals surface area contributed by atoms with Gasteiger partial charge in [-0.2, -0.15) is 0 Å². The van der Waals surface area contributed by atoms with Crippen LogP contribution in [0.3, 0.4) is 0 Å². The fourth-order valence-electron chi connectivity index (χ4n) is 1.42. The largest absolute Gasteiger partial charge is 0.470 e. The van der Waals surface area contributed by atoms with E-state index in [9.17, 15) is 0 Å². The predicted molar refractivity (Wildman–Crippen MR) is 64.6 cm³/mol. The maximum absolute atomic E-state index is 5.60. The second-order valence-electron chi connectivity index (χ2n) is 3.50. The fraction of sp³-hybridized carbons (Fsp3) is 0.417. The van der Waals surface area contributed by atoms with Crippen LogP contribution in [0.5, 0.6) is 5.19 Å². The lowest BCUT2D eigenvalue weighted by Crippen LogP contribution is -1.95. The number of ether oxygens (including phenoxy) is 1. The van der Waals surface area contributed by atoms with E-state index in [1.54, 1.807) is 11.3 Å². The molecule has 1 aromatic heterocycles. The molecule has 2 rings (SSSR count). The van der Waals surface area contributed by atoms with Gasteiger partial charge in [-0.3, -0.25) is 0 Å². The highest BCUT2D eigenvalue weighted by Gasteiger charge is 2.02. The van der Waals surface area contributed by atoms with Crippen molar-refractivity contribution in [2.75, 3.05) is 6.61 Å². The molecule has 0 bridgehead atoms. The van der Waals surface area contributed by atoms with Crippen molar-refractivity contribution in [2.24, 2.45) is 0 Å². The molecule has 0 unspecified atom stereocenters. The van der Waals surface area contributed by atoms with Gasteiger partial charge in [-0.15, -0.1) is 0 Å². The first kappa shape index (κ1) is 10.4. The van der Waals surface area contributed by atoms with Gasteiger partial charge in [0, 0.05) is 0 Å². The number of fused-ring (bicyclic) bond motifs is 1. The van der Waals surface area contributed by atoms with Crippen LogP contribution in [0.2, 0.25) is 0 Å². The smallest absolute Gasteiger partial charge is 0.274 e. The third kappa shape index (κ3) is 2.69. The monoisotopic (exact) mass is 221 g/mol. The molecule has 0 aliphatic rings. The Kier molecular flexibility index (Phi) is 3.56. The Morgan fingerprint density at radius 2 is 2.13 bits per heavy atom. The number of nitrogens with zero attached hydrogens (tertiary/aromatic N) is 1. The molecule has 0 atom stereocenters. The SMILES string of the molecule is CCCCCOc1nc2ccccc2s1. The van der Waals surface area contributed by atoms with Gasteiger partial charge >= 0.3 is 0 Å².